The summed E-state index contributed by atoms with van der Waals surface area (Å²) in [5.41, 5.74) is 0. The van der Waals surface area contributed by atoms with E-state index in [2.05, 4.69) is 20.9 Å². The fraction of sp³-hybridized carbons (Fsp3) is 0.545. The Balaban J connectivity index is 2.33. The summed E-state index contributed by atoms with van der Waals surface area (Å²) in [6.07, 6.45) is -3.01. The molecule has 0 bridgehead atoms. The molecule has 10 heteroatoms. The van der Waals surface area contributed by atoms with E-state index in [4.69, 9.17) is 11.6 Å². The molecule has 2 heterocycles. The van der Waals surface area contributed by atoms with Crippen LogP contribution in [-0.4, -0.2) is 37.0 Å². The van der Waals surface area contributed by atoms with Crippen molar-refractivity contribution in [3.63, 3.8) is 0 Å². The molecule has 2 rings (SSSR count). The predicted octanol–water partition coefficient (Wildman–Crippen LogP) is 3.46. The molecule has 4 nitrogen and oxygen atoms in total. The number of alkyl halides is 3. The van der Waals surface area contributed by atoms with Gasteiger partial charge in [-0.1, -0.05) is 11.6 Å². The van der Waals surface area contributed by atoms with Crippen LogP contribution in [0.1, 0.15) is 12.8 Å². The lowest BCUT2D eigenvalue weighted by Gasteiger charge is -2.32. The number of aromatic nitrogens is 1. The van der Waals surface area contributed by atoms with E-state index >= 15 is 0 Å². The molecule has 0 aromatic carbocycles. The minimum absolute atomic E-state index is 0.0394. The van der Waals surface area contributed by atoms with Crippen molar-refractivity contribution in [1.82, 2.24) is 9.29 Å². The Bertz CT molecular complexity index is 639. The highest BCUT2D eigenvalue weighted by atomic mass is 79.9. The van der Waals surface area contributed by atoms with Crippen LogP contribution >= 0.6 is 27.5 Å². The van der Waals surface area contributed by atoms with Crippen molar-refractivity contribution in [1.29, 1.82) is 0 Å². The third-order valence-corrected chi connectivity index (χ3v) is 5.96. The minimum Gasteiger partial charge on any atom is -0.242 e. The first kappa shape index (κ1) is 17.0. The fourth-order valence-electron chi connectivity index (χ4n) is 2.15. The summed E-state index contributed by atoms with van der Waals surface area (Å²) in [6, 6.07) is 1.24. The molecule has 21 heavy (non-hydrogen) atoms. The van der Waals surface area contributed by atoms with Crippen molar-refractivity contribution < 1.29 is 21.6 Å². The SMILES string of the molecule is O=S(=O)(c1cc(Br)cnc1Cl)N1CCCC(C(F)(F)F)C1. The first-order chi connectivity index (χ1) is 9.62. The average Bonchev–Trinajstić information content (AvgIpc) is 2.40. The number of rotatable bonds is 2. The highest BCUT2D eigenvalue weighted by Gasteiger charge is 2.44. The topological polar surface area (TPSA) is 50.3 Å². The molecule has 0 amide bonds. The number of nitrogens with zero attached hydrogens (tertiary/aromatic N) is 2. The van der Waals surface area contributed by atoms with Gasteiger partial charge in [-0.25, -0.2) is 13.4 Å². The van der Waals surface area contributed by atoms with E-state index in [1.807, 2.05) is 0 Å². The van der Waals surface area contributed by atoms with Crippen molar-refractivity contribution in [3.8, 4) is 0 Å². The molecule has 0 saturated carbocycles. The molecular weight excluding hydrogens is 397 g/mol. The van der Waals surface area contributed by atoms with Crippen LogP contribution in [0.4, 0.5) is 13.2 Å². The lowest BCUT2D eigenvalue weighted by molar-refractivity contribution is -0.182. The van der Waals surface area contributed by atoms with Gasteiger partial charge in [-0.3, -0.25) is 0 Å². The van der Waals surface area contributed by atoms with E-state index in [0.717, 1.165) is 4.31 Å². The van der Waals surface area contributed by atoms with Gasteiger partial charge in [0.15, 0.2) is 0 Å². The molecule has 1 fully saturated rings. The van der Waals surface area contributed by atoms with Gasteiger partial charge >= 0.3 is 6.18 Å². The standard InChI is InChI=1S/C11H11BrClF3N2O2S/c12-8-4-9(10(13)17-5-8)21(19,20)18-3-1-2-7(6-18)11(14,15)16/h4-5,7H,1-3,6H2. The molecule has 1 atom stereocenters. The summed E-state index contributed by atoms with van der Waals surface area (Å²) in [4.78, 5) is 3.41. The molecule has 0 N–H and O–H groups in total. The van der Waals surface area contributed by atoms with Crippen LogP contribution in [0.2, 0.25) is 5.15 Å². The second-order valence-corrected chi connectivity index (χ2v) is 7.87. The molecule has 1 saturated heterocycles. The highest BCUT2D eigenvalue weighted by Crippen LogP contribution is 2.36. The lowest BCUT2D eigenvalue weighted by atomic mass is 9.99. The van der Waals surface area contributed by atoms with Crippen LogP contribution in [0.25, 0.3) is 0 Å². The second-order valence-electron chi connectivity index (χ2n) is 4.69. The van der Waals surface area contributed by atoms with Crippen molar-refractivity contribution in [3.05, 3.63) is 21.9 Å². The van der Waals surface area contributed by atoms with Crippen molar-refractivity contribution in [2.45, 2.75) is 23.9 Å². The van der Waals surface area contributed by atoms with Crippen molar-refractivity contribution >= 4 is 37.6 Å². The van der Waals surface area contributed by atoms with Gasteiger partial charge in [0.1, 0.15) is 10.0 Å². The number of pyridine rings is 1. The first-order valence-corrected chi connectivity index (χ1v) is 8.61. The molecule has 1 aromatic rings. The molecule has 1 aliphatic heterocycles. The quantitative estimate of drug-likeness (QED) is 0.706. The van der Waals surface area contributed by atoms with Gasteiger partial charge < -0.3 is 0 Å². The number of hydrogen-bond donors (Lipinski definition) is 0. The zero-order valence-electron chi connectivity index (χ0n) is 10.6. The van der Waals surface area contributed by atoms with Gasteiger partial charge in [-0.2, -0.15) is 17.5 Å². The van der Waals surface area contributed by atoms with Gasteiger partial charge in [-0.05, 0) is 34.8 Å². The second kappa shape index (κ2) is 6.02. The third kappa shape index (κ3) is 3.69. The molecule has 0 spiro atoms. The maximum atomic E-state index is 12.8. The predicted molar refractivity (Wildman–Crippen MR) is 74.5 cm³/mol. The monoisotopic (exact) mass is 406 g/mol. The van der Waals surface area contributed by atoms with Crippen LogP contribution < -0.4 is 0 Å². The Hall–Kier alpha value is -0.380. The van der Waals surface area contributed by atoms with E-state index in [9.17, 15) is 21.6 Å². The van der Waals surface area contributed by atoms with Crippen LogP contribution in [0.5, 0.6) is 0 Å². The maximum Gasteiger partial charge on any atom is 0.393 e. The Morgan fingerprint density at radius 2 is 2.10 bits per heavy atom. The summed E-state index contributed by atoms with van der Waals surface area (Å²) >= 11 is 8.84. The van der Waals surface area contributed by atoms with E-state index < -0.39 is 28.7 Å². The molecule has 1 aromatic heterocycles. The van der Waals surface area contributed by atoms with Gasteiger partial charge in [-0.15, -0.1) is 0 Å². The smallest absolute Gasteiger partial charge is 0.242 e. The first-order valence-electron chi connectivity index (χ1n) is 6.00. The molecule has 0 radical (unpaired) electrons. The van der Waals surface area contributed by atoms with Crippen LogP contribution in [-0.2, 0) is 10.0 Å². The Labute approximate surface area is 133 Å². The molecule has 0 aliphatic carbocycles. The summed E-state index contributed by atoms with van der Waals surface area (Å²) in [7, 11) is -4.10. The van der Waals surface area contributed by atoms with Gasteiger partial charge in [0.25, 0.3) is 0 Å². The number of piperidine rings is 1. The van der Waals surface area contributed by atoms with Crippen LogP contribution in [0.15, 0.2) is 21.6 Å². The lowest BCUT2D eigenvalue weighted by Crippen LogP contribution is -2.44. The maximum absolute atomic E-state index is 12.8. The zero-order valence-corrected chi connectivity index (χ0v) is 13.7. The largest absolute Gasteiger partial charge is 0.393 e. The van der Waals surface area contributed by atoms with Gasteiger partial charge in [0.2, 0.25) is 10.0 Å². The van der Waals surface area contributed by atoms with E-state index in [1.54, 1.807) is 0 Å². The highest BCUT2D eigenvalue weighted by molar-refractivity contribution is 9.10. The van der Waals surface area contributed by atoms with Gasteiger partial charge in [0, 0.05) is 23.8 Å². The number of halogens is 5. The molecule has 1 unspecified atom stereocenters. The average molecular weight is 408 g/mol. The normalized spacial score (nSPS) is 21.5. The molecular formula is C11H11BrClF3N2O2S. The van der Waals surface area contributed by atoms with Crippen LogP contribution in [0, 0.1) is 5.92 Å². The third-order valence-electron chi connectivity index (χ3n) is 3.24. The molecule has 118 valence electrons. The minimum atomic E-state index is -4.41. The van der Waals surface area contributed by atoms with Gasteiger partial charge in [0.05, 0.1) is 5.92 Å². The summed E-state index contributed by atoms with van der Waals surface area (Å²) in [6.45, 7) is -0.549. The summed E-state index contributed by atoms with van der Waals surface area (Å²) < 4.78 is 64.4. The Kier molecular flexibility index (Phi) is 4.87. The number of sulfonamides is 1. The van der Waals surface area contributed by atoms with E-state index in [0.29, 0.717) is 4.47 Å². The molecule has 1 aliphatic rings. The van der Waals surface area contributed by atoms with Crippen LogP contribution in [0.3, 0.4) is 0 Å². The fourth-order valence-corrected chi connectivity index (χ4v) is 4.60. The zero-order chi connectivity index (χ0) is 15.8. The Morgan fingerprint density at radius 1 is 1.43 bits per heavy atom. The Morgan fingerprint density at radius 3 is 2.71 bits per heavy atom. The van der Waals surface area contributed by atoms with Crippen molar-refractivity contribution in [2.24, 2.45) is 5.92 Å². The summed E-state index contributed by atoms with van der Waals surface area (Å²) in [5, 5.41) is -0.257. The van der Waals surface area contributed by atoms with Crippen molar-refractivity contribution in [2.75, 3.05) is 13.1 Å². The number of hydrogen-bond acceptors (Lipinski definition) is 3. The summed E-state index contributed by atoms with van der Waals surface area (Å²) in [5.74, 6) is -1.65. The van der Waals surface area contributed by atoms with E-state index in [-0.39, 0.29) is 29.4 Å². The van der Waals surface area contributed by atoms with E-state index in [1.165, 1.54) is 12.3 Å².